The molecular formula is C15H27NO4S. The number of rotatable bonds is 9. The first kappa shape index (κ1) is 18.1. The third-order valence-corrected chi connectivity index (χ3v) is 4.15. The van der Waals surface area contributed by atoms with Crippen LogP contribution in [0.1, 0.15) is 51.9 Å². The van der Waals surface area contributed by atoms with Gasteiger partial charge in [0.05, 0.1) is 6.61 Å². The number of carbonyl (C=O) groups is 2. The van der Waals surface area contributed by atoms with Crippen molar-refractivity contribution in [3.8, 4) is 0 Å². The molecule has 1 N–H and O–H groups in total. The molecule has 0 aromatic heterocycles. The van der Waals surface area contributed by atoms with Gasteiger partial charge in [0.25, 0.3) is 0 Å². The minimum absolute atomic E-state index is 0.0205. The molecule has 122 valence electrons. The number of hydrogen-bond donors (Lipinski definition) is 1. The highest BCUT2D eigenvalue weighted by Crippen LogP contribution is 2.21. The number of carbonyl (C=O) groups excluding carboxylic acids is 2. The lowest BCUT2D eigenvalue weighted by Crippen LogP contribution is -2.43. The highest BCUT2D eigenvalue weighted by molar-refractivity contribution is 7.98. The molecule has 1 atom stereocenters. The lowest BCUT2D eigenvalue weighted by Gasteiger charge is -2.19. The Morgan fingerprint density at radius 1 is 1.33 bits per heavy atom. The van der Waals surface area contributed by atoms with Crippen LogP contribution in [0.4, 0.5) is 4.79 Å². The molecule has 0 spiro atoms. The summed E-state index contributed by atoms with van der Waals surface area (Å²) in [6, 6.07) is -0.604. The van der Waals surface area contributed by atoms with Crippen molar-refractivity contribution >= 4 is 23.8 Å². The van der Waals surface area contributed by atoms with Crippen LogP contribution in [0.5, 0.6) is 0 Å². The number of hydrogen-bond acceptors (Lipinski definition) is 5. The molecule has 5 nitrogen and oxygen atoms in total. The van der Waals surface area contributed by atoms with Gasteiger partial charge in [-0.15, -0.1) is 0 Å². The fourth-order valence-electron chi connectivity index (χ4n) is 2.23. The van der Waals surface area contributed by atoms with Gasteiger partial charge in [-0.1, -0.05) is 13.3 Å². The Balaban J connectivity index is 2.40. The molecule has 0 aromatic rings. The fraction of sp³-hybridized carbons (Fsp3) is 0.867. The average Bonchev–Trinajstić information content (AvgIpc) is 2.96. The molecule has 1 aliphatic rings. The van der Waals surface area contributed by atoms with Gasteiger partial charge in [0, 0.05) is 0 Å². The maximum absolute atomic E-state index is 12.2. The maximum atomic E-state index is 12.2. The molecule has 1 amide bonds. The smallest absolute Gasteiger partial charge is 0.407 e. The summed E-state index contributed by atoms with van der Waals surface area (Å²) in [6.45, 7) is 2.41. The second-order valence-corrected chi connectivity index (χ2v) is 6.30. The molecule has 0 aliphatic heterocycles. The van der Waals surface area contributed by atoms with Crippen molar-refractivity contribution in [1.29, 1.82) is 0 Å². The molecule has 1 fully saturated rings. The van der Waals surface area contributed by atoms with Crippen molar-refractivity contribution in [1.82, 2.24) is 5.32 Å². The minimum atomic E-state index is -0.604. The number of amides is 1. The predicted molar refractivity (Wildman–Crippen MR) is 84.5 cm³/mol. The largest absolute Gasteiger partial charge is 0.461 e. The van der Waals surface area contributed by atoms with Gasteiger partial charge in [-0.3, -0.25) is 0 Å². The Hall–Kier alpha value is -0.910. The number of ether oxygens (including phenoxy) is 2. The van der Waals surface area contributed by atoms with Crippen LogP contribution < -0.4 is 5.32 Å². The zero-order valence-corrected chi connectivity index (χ0v) is 13.9. The zero-order valence-electron chi connectivity index (χ0n) is 13.1. The first-order chi connectivity index (χ1) is 10.2. The summed E-state index contributed by atoms with van der Waals surface area (Å²) >= 11 is 1.64. The average molecular weight is 317 g/mol. The Morgan fingerprint density at radius 3 is 2.67 bits per heavy atom. The van der Waals surface area contributed by atoms with Crippen LogP contribution in [0.15, 0.2) is 0 Å². The number of unbranched alkanes of at least 4 members (excludes halogenated alkanes) is 1. The molecule has 1 aliphatic carbocycles. The second kappa shape index (κ2) is 10.8. The van der Waals surface area contributed by atoms with E-state index in [2.05, 4.69) is 5.32 Å². The lowest BCUT2D eigenvalue weighted by atomic mass is 10.2. The van der Waals surface area contributed by atoms with Crippen molar-refractivity contribution in [2.75, 3.05) is 18.6 Å². The van der Waals surface area contributed by atoms with Gasteiger partial charge in [-0.2, -0.15) is 11.8 Å². The first-order valence-corrected chi connectivity index (χ1v) is 9.19. The van der Waals surface area contributed by atoms with Crippen LogP contribution in [-0.4, -0.2) is 42.8 Å². The summed E-state index contributed by atoms with van der Waals surface area (Å²) < 4.78 is 10.5. The van der Waals surface area contributed by atoms with E-state index in [-0.39, 0.29) is 12.1 Å². The molecule has 0 radical (unpaired) electrons. The summed E-state index contributed by atoms with van der Waals surface area (Å²) in [5, 5.41) is 2.64. The third-order valence-electron chi connectivity index (χ3n) is 3.50. The summed E-state index contributed by atoms with van der Waals surface area (Å²) in [4.78, 5) is 23.9. The van der Waals surface area contributed by atoms with Gasteiger partial charge in [-0.05, 0) is 50.5 Å². The standard InChI is InChI=1S/C15H27NO4S/c1-3-4-10-19-15(18)16-13(9-11-21-2)14(17)20-12-7-5-6-8-12/h12-13H,3-11H2,1-2H3,(H,16,18)/t13-/m0/s1. The zero-order chi connectivity index (χ0) is 15.5. The second-order valence-electron chi connectivity index (χ2n) is 5.31. The van der Waals surface area contributed by atoms with Gasteiger partial charge < -0.3 is 14.8 Å². The van der Waals surface area contributed by atoms with Gasteiger partial charge in [-0.25, -0.2) is 9.59 Å². The normalized spacial score (nSPS) is 16.5. The van der Waals surface area contributed by atoms with E-state index in [1.807, 2.05) is 13.2 Å². The molecule has 0 aromatic carbocycles. The number of nitrogens with one attached hydrogen (secondary N) is 1. The van der Waals surface area contributed by atoms with Crippen molar-refractivity contribution in [3.05, 3.63) is 0 Å². The molecule has 0 bridgehead atoms. The molecule has 0 unspecified atom stereocenters. The monoisotopic (exact) mass is 317 g/mol. The summed E-state index contributed by atoms with van der Waals surface area (Å²) in [5.74, 6) is 0.461. The molecule has 0 heterocycles. The first-order valence-electron chi connectivity index (χ1n) is 7.80. The van der Waals surface area contributed by atoms with E-state index in [4.69, 9.17) is 9.47 Å². The van der Waals surface area contributed by atoms with Crippen LogP contribution in [-0.2, 0) is 14.3 Å². The lowest BCUT2D eigenvalue weighted by molar-refractivity contribution is -0.151. The van der Waals surface area contributed by atoms with E-state index < -0.39 is 12.1 Å². The van der Waals surface area contributed by atoms with Crippen molar-refractivity contribution in [2.45, 2.75) is 64.0 Å². The highest BCUT2D eigenvalue weighted by atomic mass is 32.2. The predicted octanol–water partition coefficient (Wildman–Crippen LogP) is 3.12. The number of esters is 1. The van der Waals surface area contributed by atoms with Gasteiger partial charge in [0.15, 0.2) is 0 Å². The van der Waals surface area contributed by atoms with Crippen LogP contribution >= 0.6 is 11.8 Å². The van der Waals surface area contributed by atoms with E-state index in [0.717, 1.165) is 44.3 Å². The number of alkyl carbamates (subject to hydrolysis) is 1. The van der Waals surface area contributed by atoms with Crippen LogP contribution in [0.25, 0.3) is 0 Å². The van der Waals surface area contributed by atoms with Crippen LogP contribution in [0, 0.1) is 0 Å². The molecule has 1 saturated carbocycles. The molecule has 6 heteroatoms. The van der Waals surface area contributed by atoms with E-state index in [1.165, 1.54) is 0 Å². The quantitative estimate of drug-likeness (QED) is 0.523. The summed E-state index contributed by atoms with van der Waals surface area (Å²) in [6.07, 6.45) is 7.91. The van der Waals surface area contributed by atoms with Gasteiger partial charge >= 0.3 is 12.1 Å². The molecule has 0 saturated heterocycles. The van der Waals surface area contributed by atoms with E-state index >= 15 is 0 Å². The molecule has 21 heavy (non-hydrogen) atoms. The SMILES string of the molecule is CCCCOC(=O)N[C@@H](CCSC)C(=O)OC1CCCC1. The van der Waals surface area contributed by atoms with Gasteiger partial charge in [0.1, 0.15) is 12.1 Å². The van der Waals surface area contributed by atoms with E-state index in [1.54, 1.807) is 11.8 Å². The van der Waals surface area contributed by atoms with Crippen LogP contribution in [0.2, 0.25) is 0 Å². The van der Waals surface area contributed by atoms with Crippen molar-refractivity contribution in [2.24, 2.45) is 0 Å². The Morgan fingerprint density at radius 2 is 2.05 bits per heavy atom. The van der Waals surface area contributed by atoms with Crippen molar-refractivity contribution < 1.29 is 19.1 Å². The summed E-state index contributed by atoms with van der Waals surface area (Å²) in [7, 11) is 0. The third kappa shape index (κ3) is 7.60. The maximum Gasteiger partial charge on any atom is 0.407 e. The summed E-state index contributed by atoms with van der Waals surface area (Å²) in [5.41, 5.74) is 0. The topological polar surface area (TPSA) is 64.6 Å². The van der Waals surface area contributed by atoms with E-state index in [0.29, 0.717) is 13.0 Å². The fourth-order valence-corrected chi connectivity index (χ4v) is 2.70. The number of thioether (sulfide) groups is 1. The highest BCUT2D eigenvalue weighted by Gasteiger charge is 2.26. The van der Waals surface area contributed by atoms with Crippen molar-refractivity contribution in [3.63, 3.8) is 0 Å². The van der Waals surface area contributed by atoms with E-state index in [9.17, 15) is 9.59 Å². The van der Waals surface area contributed by atoms with Crippen LogP contribution in [0.3, 0.4) is 0 Å². The van der Waals surface area contributed by atoms with Gasteiger partial charge in [0.2, 0.25) is 0 Å². The Kier molecular flexibility index (Phi) is 9.30. The minimum Gasteiger partial charge on any atom is -0.461 e. The molecule has 1 rings (SSSR count). The molecular weight excluding hydrogens is 290 g/mol. The Bertz CT molecular complexity index is 319. The Labute approximate surface area is 131 Å².